The van der Waals surface area contributed by atoms with Crippen LogP contribution in [-0.2, 0) is 4.79 Å². The molecule has 0 heterocycles. The average molecular weight is 220 g/mol. The van der Waals surface area contributed by atoms with Gasteiger partial charge in [-0.25, -0.2) is 0 Å². The Kier molecular flexibility index (Phi) is 4.35. The van der Waals surface area contributed by atoms with Gasteiger partial charge in [0.1, 0.15) is 0 Å². The molecule has 3 heteroatoms. The molecule has 0 aliphatic heterocycles. The molecule has 1 aromatic rings. The second kappa shape index (κ2) is 5.54. The number of carbonyl (C=O) groups excluding carboxylic acids is 1. The third kappa shape index (κ3) is 3.57. The van der Waals surface area contributed by atoms with Crippen molar-refractivity contribution in [3.8, 4) is 0 Å². The molecular formula is C13H20N2O. The molecule has 1 aromatic carbocycles. The van der Waals surface area contributed by atoms with Gasteiger partial charge in [0.2, 0.25) is 5.91 Å². The fourth-order valence-electron chi connectivity index (χ4n) is 1.33. The lowest BCUT2D eigenvalue weighted by molar-refractivity contribution is -0.116. The number of anilines is 2. The molecule has 0 saturated heterocycles. The topological polar surface area (TPSA) is 32.3 Å². The minimum absolute atomic E-state index is 0.0426. The van der Waals surface area contributed by atoms with Crippen molar-refractivity contribution in [3.63, 3.8) is 0 Å². The Morgan fingerprint density at radius 2 is 2.12 bits per heavy atom. The highest BCUT2D eigenvalue weighted by Gasteiger charge is 2.05. The highest BCUT2D eigenvalue weighted by Crippen LogP contribution is 2.18. The Morgan fingerprint density at radius 3 is 2.69 bits per heavy atom. The fourth-order valence-corrected chi connectivity index (χ4v) is 1.33. The van der Waals surface area contributed by atoms with Gasteiger partial charge in [0.25, 0.3) is 0 Å². The fraction of sp³-hybridized carbons (Fsp3) is 0.462. The van der Waals surface area contributed by atoms with E-state index in [0.717, 1.165) is 17.9 Å². The molecule has 1 amide bonds. The number of rotatable bonds is 4. The predicted molar refractivity (Wildman–Crippen MR) is 68.9 cm³/mol. The average Bonchev–Trinajstić information content (AvgIpc) is 2.25. The molecule has 1 rings (SSSR count). The largest absolute Gasteiger partial charge is 0.385 e. The Morgan fingerprint density at radius 1 is 1.44 bits per heavy atom. The molecule has 88 valence electrons. The molecule has 0 unspecified atom stereocenters. The minimum atomic E-state index is 0.0426. The van der Waals surface area contributed by atoms with Crippen molar-refractivity contribution in [1.29, 1.82) is 0 Å². The molecular weight excluding hydrogens is 200 g/mol. The normalized spacial score (nSPS) is 10.3. The van der Waals surface area contributed by atoms with Crippen LogP contribution >= 0.6 is 0 Å². The van der Waals surface area contributed by atoms with Crippen LogP contribution in [0.15, 0.2) is 24.3 Å². The second-order valence-electron chi connectivity index (χ2n) is 4.40. The summed E-state index contributed by atoms with van der Waals surface area (Å²) in [5.41, 5.74) is 1.97. The quantitative estimate of drug-likeness (QED) is 0.846. The highest BCUT2D eigenvalue weighted by molar-refractivity contribution is 5.91. The first-order valence-corrected chi connectivity index (χ1v) is 5.59. The zero-order chi connectivity index (χ0) is 12.1. The molecule has 0 radical (unpaired) electrons. The van der Waals surface area contributed by atoms with Crippen LogP contribution in [0.5, 0.6) is 0 Å². The Hall–Kier alpha value is -1.51. The summed E-state index contributed by atoms with van der Waals surface area (Å²) in [6.45, 7) is 6.83. The Bertz CT molecular complexity index is 361. The SMILES string of the molecule is CC(=O)N(C)c1cccc(NCC(C)C)c1. The molecule has 0 fully saturated rings. The van der Waals surface area contributed by atoms with Crippen molar-refractivity contribution >= 4 is 17.3 Å². The Labute approximate surface area is 97.5 Å². The summed E-state index contributed by atoms with van der Waals surface area (Å²) < 4.78 is 0. The first kappa shape index (κ1) is 12.6. The highest BCUT2D eigenvalue weighted by atomic mass is 16.2. The smallest absolute Gasteiger partial charge is 0.223 e. The molecule has 0 aliphatic rings. The molecule has 3 nitrogen and oxygen atoms in total. The molecule has 0 aromatic heterocycles. The third-order valence-electron chi connectivity index (χ3n) is 2.42. The van der Waals surface area contributed by atoms with Gasteiger partial charge in [-0.3, -0.25) is 4.79 Å². The van der Waals surface area contributed by atoms with Gasteiger partial charge in [0.05, 0.1) is 0 Å². The van der Waals surface area contributed by atoms with Gasteiger partial charge in [0, 0.05) is 31.9 Å². The lowest BCUT2D eigenvalue weighted by Gasteiger charge is -2.16. The number of nitrogens with zero attached hydrogens (tertiary/aromatic N) is 1. The van der Waals surface area contributed by atoms with Gasteiger partial charge in [-0.05, 0) is 24.1 Å². The molecule has 16 heavy (non-hydrogen) atoms. The lowest BCUT2D eigenvalue weighted by Crippen LogP contribution is -2.22. The molecule has 0 bridgehead atoms. The van der Waals surface area contributed by atoms with Crippen molar-refractivity contribution in [2.45, 2.75) is 20.8 Å². The van der Waals surface area contributed by atoms with E-state index in [1.165, 1.54) is 0 Å². The molecule has 0 aliphatic carbocycles. The summed E-state index contributed by atoms with van der Waals surface area (Å²) in [6.07, 6.45) is 0. The maximum absolute atomic E-state index is 11.2. The molecule has 1 N–H and O–H groups in total. The summed E-state index contributed by atoms with van der Waals surface area (Å²) in [5.74, 6) is 0.648. The van der Waals surface area contributed by atoms with Crippen LogP contribution in [0.4, 0.5) is 11.4 Å². The number of hydrogen-bond acceptors (Lipinski definition) is 2. The van der Waals surface area contributed by atoms with E-state index in [2.05, 4.69) is 19.2 Å². The van der Waals surface area contributed by atoms with Crippen LogP contribution in [0.3, 0.4) is 0 Å². The van der Waals surface area contributed by atoms with Crippen molar-refractivity contribution in [2.24, 2.45) is 5.92 Å². The number of hydrogen-bond donors (Lipinski definition) is 1. The molecule has 0 saturated carbocycles. The summed E-state index contributed by atoms with van der Waals surface area (Å²) in [4.78, 5) is 12.9. The maximum atomic E-state index is 11.2. The minimum Gasteiger partial charge on any atom is -0.385 e. The predicted octanol–water partition coefficient (Wildman–Crippen LogP) is 2.74. The first-order chi connectivity index (χ1) is 7.50. The summed E-state index contributed by atoms with van der Waals surface area (Å²) in [5, 5.41) is 3.34. The van der Waals surface area contributed by atoms with Crippen molar-refractivity contribution in [1.82, 2.24) is 0 Å². The van der Waals surface area contributed by atoms with Crippen LogP contribution < -0.4 is 10.2 Å². The van der Waals surface area contributed by atoms with E-state index in [4.69, 9.17) is 0 Å². The number of amides is 1. The zero-order valence-corrected chi connectivity index (χ0v) is 10.4. The maximum Gasteiger partial charge on any atom is 0.223 e. The zero-order valence-electron chi connectivity index (χ0n) is 10.4. The third-order valence-corrected chi connectivity index (χ3v) is 2.42. The first-order valence-electron chi connectivity index (χ1n) is 5.59. The molecule has 0 atom stereocenters. The summed E-state index contributed by atoms with van der Waals surface area (Å²) >= 11 is 0. The van der Waals surface area contributed by atoms with Gasteiger partial charge >= 0.3 is 0 Å². The van der Waals surface area contributed by atoms with E-state index in [9.17, 15) is 4.79 Å². The van der Waals surface area contributed by atoms with E-state index >= 15 is 0 Å². The van der Waals surface area contributed by atoms with Crippen LogP contribution in [0, 0.1) is 5.92 Å². The van der Waals surface area contributed by atoms with Gasteiger partial charge in [-0.2, -0.15) is 0 Å². The second-order valence-corrected chi connectivity index (χ2v) is 4.40. The van der Waals surface area contributed by atoms with Crippen molar-refractivity contribution in [3.05, 3.63) is 24.3 Å². The van der Waals surface area contributed by atoms with Gasteiger partial charge in [-0.1, -0.05) is 19.9 Å². The van der Waals surface area contributed by atoms with Gasteiger partial charge in [-0.15, -0.1) is 0 Å². The van der Waals surface area contributed by atoms with E-state index in [1.54, 1.807) is 18.9 Å². The molecule has 0 spiro atoms. The number of nitrogens with one attached hydrogen (secondary N) is 1. The van der Waals surface area contributed by atoms with E-state index in [0.29, 0.717) is 5.92 Å². The number of carbonyl (C=O) groups is 1. The van der Waals surface area contributed by atoms with Crippen molar-refractivity contribution in [2.75, 3.05) is 23.8 Å². The van der Waals surface area contributed by atoms with Crippen LogP contribution in [0.2, 0.25) is 0 Å². The van der Waals surface area contributed by atoms with E-state index < -0.39 is 0 Å². The van der Waals surface area contributed by atoms with E-state index in [1.807, 2.05) is 24.3 Å². The summed E-state index contributed by atoms with van der Waals surface area (Å²) in [7, 11) is 1.78. The van der Waals surface area contributed by atoms with Crippen LogP contribution in [-0.4, -0.2) is 19.5 Å². The van der Waals surface area contributed by atoms with Crippen molar-refractivity contribution < 1.29 is 4.79 Å². The monoisotopic (exact) mass is 220 g/mol. The summed E-state index contributed by atoms with van der Waals surface area (Å²) in [6, 6.07) is 7.89. The van der Waals surface area contributed by atoms with Crippen LogP contribution in [0.25, 0.3) is 0 Å². The standard InChI is InChI=1S/C13H20N2O/c1-10(2)9-14-12-6-5-7-13(8-12)15(4)11(3)16/h5-8,10,14H,9H2,1-4H3. The number of benzene rings is 1. The Balaban J connectivity index is 2.74. The lowest BCUT2D eigenvalue weighted by atomic mass is 10.2. The van der Waals surface area contributed by atoms with Gasteiger partial charge < -0.3 is 10.2 Å². The van der Waals surface area contributed by atoms with Crippen LogP contribution in [0.1, 0.15) is 20.8 Å². The van der Waals surface area contributed by atoms with E-state index in [-0.39, 0.29) is 5.91 Å². The van der Waals surface area contributed by atoms with Gasteiger partial charge in [0.15, 0.2) is 0 Å².